The fourth-order valence-corrected chi connectivity index (χ4v) is 4.93. The first kappa shape index (κ1) is 20.6. The number of rotatable bonds is 5. The lowest BCUT2D eigenvalue weighted by atomic mass is 9.73. The van der Waals surface area contributed by atoms with Crippen molar-refractivity contribution in [3.05, 3.63) is 60.2 Å². The molecule has 1 heterocycles. The zero-order chi connectivity index (χ0) is 21.3. The van der Waals surface area contributed by atoms with Gasteiger partial charge in [0.2, 0.25) is 11.8 Å². The fraction of sp³-hybridized carbons (Fsp3) is 0.462. The lowest BCUT2D eigenvalue weighted by molar-refractivity contribution is -0.147. The van der Waals surface area contributed by atoms with Crippen LogP contribution in [0.3, 0.4) is 0 Å². The highest BCUT2D eigenvalue weighted by Gasteiger charge is 2.48. The van der Waals surface area contributed by atoms with Crippen LogP contribution < -0.4 is 0 Å². The topological polar surface area (TPSA) is 40.6 Å². The molecular formula is C26H32N2O2. The molecule has 4 rings (SSSR count). The molecule has 0 N–H and O–H groups in total. The SMILES string of the molecule is C[C@@H]1C[C@H]1C(=O)N1CCC[C@](Cc2ccc(-c3ccccc3)cc2)(C(=O)N(C)C)C1. The van der Waals surface area contributed by atoms with Crippen molar-refractivity contribution in [3.63, 3.8) is 0 Å². The van der Waals surface area contributed by atoms with Gasteiger partial charge in [-0.3, -0.25) is 9.59 Å². The van der Waals surface area contributed by atoms with Crippen molar-refractivity contribution in [3.8, 4) is 11.1 Å². The molecule has 1 saturated carbocycles. The standard InChI is InChI=1S/C26H32N2O2/c1-19-16-23(19)24(29)28-15-7-14-26(18-28,25(30)27(2)3)17-20-10-12-22(13-11-20)21-8-5-4-6-9-21/h4-6,8-13,19,23H,7,14-18H2,1-3H3/t19-,23-,26-/m1/s1. The Kier molecular flexibility index (Phi) is 5.68. The van der Waals surface area contributed by atoms with Crippen LogP contribution in [-0.2, 0) is 16.0 Å². The van der Waals surface area contributed by atoms with E-state index in [9.17, 15) is 9.59 Å². The normalized spacial score (nSPS) is 25.6. The van der Waals surface area contributed by atoms with Gasteiger partial charge in [0.25, 0.3) is 0 Å². The summed E-state index contributed by atoms with van der Waals surface area (Å²) in [5, 5.41) is 0. The van der Waals surface area contributed by atoms with Crippen molar-refractivity contribution < 1.29 is 9.59 Å². The van der Waals surface area contributed by atoms with Gasteiger partial charge in [-0.25, -0.2) is 0 Å². The maximum absolute atomic E-state index is 13.3. The zero-order valence-corrected chi connectivity index (χ0v) is 18.3. The zero-order valence-electron chi connectivity index (χ0n) is 18.3. The number of carbonyl (C=O) groups excluding carboxylic acids is 2. The van der Waals surface area contributed by atoms with E-state index in [1.807, 2.05) is 37.2 Å². The number of nitrogens with zero attached hydrogens (tertiary/aromatic N) is 2. The highest BCUT2D eigenvalue weighted by atomic mass is 16.2. The van der Waals surface area contributed by atoms with Gasteiger partial charge in [0.1, 0.15) is 0 Å². The maximum Gasteiger partial charge on any atom is 0.230 e. The minimum absolute atomic E-state index is 0.135. The first-order chi connectivity index (χ1) is 14.4. The Balaban J connectivity index is 1.56. The second-order valence-corrected chi connectivity index (χ2v) is 9.40. The lowest BCUT2D eigenvalue weighted by Gasteiger charge is -2.43. The van der Waals surface area contributed by atoms with E-state index in [-0.39, 0.29) is 17.7 Å². The number of benzene rings is 2. The van der Waals surface area contributed by atoms with Gasteiger partial charge in [0, 0.05) is 33.1 Å². The van der Waals surface area contributed by atoms with Crippen LogP contribution in [0.5, 0.6) is 0 Å². The van der Waals surface area contributed by atoms with Gasteiger partial charge in [-0.15, -0.1) is 0 Å². The van der Waals surface area contributed by atoms with Gasteiger partial charge in [-0.1, -0.05) is 61.5 Å². The molecule has 2 aromatic carbocycles. The molecule has 0 spiro atoms. The highest BCUT2D eigenvalue weighted by Crippen LogP contribution is 2.42. The molecule has 1 aliphatic carbocycles. The van der Waals surface area contributed by atoms with Crippen LogP contribution in [0.2, 0.25) is 0 Å². The molecule has 0 bridgehead atoms. The van der Waals surface area contributed by atoms with E-state index in [0.717, 1.165) is 31.4 Å². The van der Waals surface area contributed by atoms with E-state index in [0.29, 0.717) is 18.9 Å². The smallest absolute Gasteiger partial charge is 0.230 e. The third kappa shape index (κ3) is 4.14. The van der Waals surface area contributed by atoms with Crippen molar-refractivity contribution in [1.29, 1.82) is 0 Å². The number of hydrogen-bond acceptors (Lipinski definition) is 2. The Labute approximate surface area is 179 Å². The molecule has 4 heteroatoms. The minimum Gasteiger partial charge on any atom is -0.348 e. The van der Waals surface area contributed by atoms with Crippen molar-refractivity contribution in [2.24, 2.45) is 17.3 Å². The quantitative estimate of drug-likeness (QED) is 0.748. The molecule has 1 aliphatic heterocycles. The molecule has 30 heavy (non-hydrogen) atoms. The molecule has 0 aromatic heterocycles. The van der Waals surface area contributed by atoms with E-state index in [1.54, 1.807) is 4.90 Å². The molecule has 2 aromatic rings. The van der Waals surface area contributed by atoms with E-state index in [4.69, 9.17) is 0 Å². The fourth-order valence-electron chi connectivity index (χ4n) is 4.93. The first-order valence-corrected chi connectivity index (χ1v) is 11.0. The average Bonchev–Trinajstić information content (AvgIpc) is 3.50. The summed E-state index contributed by atoms with van der Waals surface area (Å²) in [6.07, 6.45) is 3.37. The third-order valence-corrected chi connectivity index (χ3v) is 6.78. The molecule has 0 radical (unpaired) electrons. The van der Waals surface area contributed by atoms with Crippen LogP contribution in [0.15, 0.2) is 54.6 Å². The third-order valence-electron chi connectivity index (χ3n) is 6.78. The van der Waals surface area contributed by atoms with Crippen LogP contribution in [0.1, 0.15) is 31.7 Å². The van der Waals surface area contributed by atoms with E-state index in [1.165, 1.54) is 11.1 Å². The number of hydrogen-bond donors (Lipinski definition) is 0. The molecule has 158 valence electrons. The second-order valence-electron chi connectivity index (χ2n) is 9.40. The Morgan fingerprint density at radius 3 is 2.27 bits per heavy atom. The summed E-state index contributed by atoms with van der Waals surface area (Å²) in [5.74, 6) is 1.04. The number of piperidine rings is 1. The molecule has 0 unspecified atom stereocenters. The van der Waals surface area contributed by atoms with Crippen molar-refractivity contribution >= 4 is 11.8 Å². The summed E-state index contributed by atoms with van der Waals surface area (Å²) >= 11 is 0. The maximum atomic E-state index is 13.3. The summed E-state index contributed by atoms with van der Waals surface area (Å²) in [7, 11) is 3.65. The Hall–Kier alpha value is -2.62. The van der Waals surface area contributed by atoms with Gasteiger partial charge < -0.3 is 9.80 Å². The van der Waals surface area contributed by atoms with Crippen LogP contribution in [-0.4, -0.2) is 48.8 Å². The van der Waals surface area contributed by atoms with Gasteiger partial charge in [-0.2, -0.15) is 0 Å². The average molecular weight is 405 g/mol. The number of carbonyl (C=O) groups is 2. The Bertz CT molecular complexity index is 906. The summed E-state index contributed by atoms with van der Waals surface area (Å²) in [6.45, 7) is 3.45. The van der Waals surface area contributed by atoms with E-state index < -0.39 is 5.41 Å². The molecule has 1 saturated heterocycles. The number of likely N-dealkylation sites (tertiary alicyclic amines) is 1. The Morgan fingerprint density at radius 1 is 1.03 bits per heavy atom. The van der Waals surface area contributed by atoms with Crippen molar-refractivity contribution in [2.45, 2.75) is 32.6 Å². The largest absolute Gasteiger partial charge is 0.348 e. The minimum atomic E-state index is -0.538. The van der Waals surface area contributed by atoms with Gasteiger partial charge >= 0.3 is 0 Å². The summed E-state index contributed by atoms with van der Waals surface area (Å²) in [6, 6.07) is 18.9. The van der Waals surface area contributed by atoms with Crippen LogP contribution in [0.4, 0.5) is 0 Å². The van der Waals surface area contributed by atoms with E-state index >= 15 is 0 Å². The summed E-state index contributed by atoms with van der Waals surface area (Å²) in [5.41, 5.74) is 2.98. The highest BCUT2D eigenvalue weighted by molar-refractivity contribution is 5.86. The molecule has 2 aliphatic rings. The van der Waals surface area contributed by atoms with Crippen molar-refractivity contribution in [1.82, 2.24) is 9.80 Å². The first-order valence-electron chi connectivity index (χ1n) is 11.0. The molecule has 2 amide bonds. The van der Waals surface area contributed by atoms with Crippen LogP contribution in [0, 0.1) is 17.3 Å². The van der Waals surface area contributed by atoms with Crippen molar-refractivity contribution in [2.75, 3.05) is 27.2 Å². The summed E-state index contributed by atoms with van der Waals surface area (Å²) < 4.78 is 0. The van der Waals surface area contributed by atoms with Crippen LogP contribution >= 0.6 is 0 Å². The van der Waals surface area contributed by atoms with Gasteiger partial charge in [-0.05, 0) is 48.3 Å². The molecule has 3 atom stereocenters. The lowest BCUT2D eigenvalue weighted by Crippen LogP contribution is -2.54. The number of amides is 2. The van der Waals surface area contributed by atoms with Gasteiger partial charge in [0.05, 0.1) is 5.41 Å². The second kappa shape index (κ2) is 8.25. The Morgan fingerprint density at radius 2 is 1.67 bits per heavy atom. The van der Waals surface area contributed by atoms with E-state index in [2.05, 4.69) is 43.3 Å². The molecule has 4 nitrogen and oxygen atoms in total. The molecular weight excluding hydrogens is 372 g/mol. The molecule has 2 fully saturated rings. The monoisotopic (exact) mass is 404 g/mol. The predicted octanol–water partition coefficient (Wildman–Crippen LogP) is 4.25. The van der Waals surface area contributed by atoms with Gasteiger partial charge in [0.15, 0.2) is 0 Å². The van der Waals surface area contributed by atoms with Crippen LogP contribution in [0.25, 0.3) is 11.1 Å². The summed E-state index contributed by atoms with van der Waals surface area (Å²) in [4.78, 5) is 29.9. The predicted molar refractivity (Wildman–Crippen MR) is 120 cm³/mol.